The van der Waals surface area contributed by atoms with Crippen molar-refractivity contribution in [1.29, 1.82) is 0 Å². The number of primary amides is 1. The Morgan fingerprint density at radius 3 is 2.61 bits per heavy atom. The summed E-state index contributed by atoms with van der Waals surface area (Å²) in [7, 11) is 0. The fourth-order valence-electron chi connectivity index (χ4n) is 2.03. The number of carbonyl (C=O) groups is 2. The first-order chi connectivity index (χ1) is 11.0. The van der Waals surface area contributed by atoms with Gasteiger partial charge in [0.15, 0.2) is 0 Å². The Hall–Kier alpha value is -2.28. The van der Waals surface area contributed by atoms with Crippen LogP contribution < -0.4 is 11.1 Å². The van der Waals surface area contributed by atoms with Crippen LogP contribution in [0.3, 0.4) is 0 Å². The molecule has 0 aliphatic heterocycles. The van der Waals surface area contributed by atoms with Gasteiger partial charge in [-0.25, -0.2) is 0 Å². The van der Waals surface area contributed by atoms with Gasteiger partial charge in [-0.2, -0.15) is 5.10 Å². The van der Waals surface area contributed by atoms with Gasteiger partial charge in [-0.3, -0.25) is 14.3 Å². The van der Waals surface area contributed by atoms with Gasteiger partial charge in [-0.15, -0.1) is 11.8 Å². The number of benzene rings is 1. The molecule has 0 bridgehead atoms. The minimum absolute atomic E-state index is 0.0117. The van der Waals surface area contributed by atoms with E-state index in [1.54, 1.807) is 6.20 Å². The Bertz CT molecular complexity index is 670. The van der Waals surface area contributed by atoms with Gasteiger partial charge < -0.3 is 11.1 Å². The number of hydrogen-bond donors (Lipinski definition) is 2. The number of aromatic nitrogens is 2. The third-order valence-electron chi connectivity index (χ3n) is 3.09. The van der Waals surface area contributed by atoms with Crippen LogP contribution in [0, 0.1) is 5.92 Å². The lowest BCUT2D eigenvalue weighted by molar-refractivity contribution is -0.118. The molecule has 6 nitrogen and oxygen atoms in total. The number of rotatable bonds is 7. The van der Waals surface area contributed by atoms with Crippen LogP contribution >= 0.6 is 11.8 Å². The molecule has 0 aliphatic rings. The predicted octanol–water partition coefficient (Wildman–Crippen LogP) is 2.12. The van der Waals surface area contributed by atoms with Crippen LogP contribution in [0.25, 0.3) is 0 Å². The molecule has 23 heavy (non-hydrogen) atoms. The summed E-state index contributed by atoms with van der Waals surface area (Å²) < 4.78 is 1.40. The maximum absolute atomic E-state index is 12.5. The number of anilines is 1. The molecule has 0 fully saturated rings. The standard InChI is InChI=1S/C16H20N4O2S/c1-11(2)15(23-13-6-4-3-5-7-13)16(22)19-12-8-18-20(9-12)10-14(17)21/h3-9,11,15H,10H2,1-2H3,(H2,17,21)(H,19,22)/t15-/m1/s1. The Morgan fingerprint density at radius 2 is 2.00 bits per heavy atom. The largest absolute Gasteiger partial charge is 0.368 e. The second kappa shape index (κ2) is 7.82. The van der Waals surface area contributed by atoms with Crippen molar-refractivity contribution >= 4 is 29.3 Å². The fraction of sp³-hybridized carbons (Fsp3) is 0.312. The highest BCUT2D eigenvalue weighted by molar-refractivity contribution is 8.00. The van der Waals surface area contributed by atoms with Gasteiger partial charge in [0.1, 0.15) is 6.54 Å². The van der Waals surface area contributed by atoms with Gasteiger partial charge in [0.2, 0.25) is 11.8 Å². The summed E-state index contributed by atoms with van der Waals surface area (Å²) >= 11 is 1.53. The molecule has 2 aromatic rings. The summed E-state index contributed by atoms with van der Waals surface area (Å²) in [6.45, 7) is 4.01. The molecule has 0 unspecified atom stereocenters. The van der Waals surface area contributed by atoms with E-state index in [4.69, 9.17) is 5.73 Å². The molecule has 2 rings (SSSR count). The van der Waals surface area contributed by atoms with Crippen molar-refractivity contribution in [2.75, 3.05) is 5.32 Å². The molecule has 3 N–H and O–H groups in total. The van der Waals surface area contributed by atoms with Crippen LogP contribution in [0.5, 0.6) is 0 Å². The second-order valence-corrected chi connectivity index (χ2v) is 6.69. The lowest BCUT2D eigenvalue weighted by Crippen LogP contribution is -2.29. The van der Waals surface area contributed by atoms with Crippen molar-refractivity contribution in [2.24, 2.45) is 11.7 Å². The fourth-order valence-corrected chi connectivity index (χ4v) is 3.07. The van der Waals surface area contributed by atoms with Crippen molar-refractivity contribution in [3.63, 3.8) is 0 Å². The molecule has 0 saturated carbocycles. The number of carbonyl (C=O) groups excluding carboxylic acids is 2. The molecule has 1 aromatic heterocycles. The number of hydrogen-bond acceptors (Lipinski definition) is 4. The number of nitrogens with two attached hydrogens (primary N) is 1. The molecule has 2 amide bonds. The molecule has 122 valence electrons. The van der Waals surface area contributed by atoms with E-state index in [0.29, 0.717) is 5.69 Å². The average molecular weight is 332 g/mol. The van der Waals surface area contributed by atoms with Gasteiger partial charge in [-0.05, 0) is 18.1 Å². The van der Waals surface area contributed by atoms with Crippen LogP contribution in [-0.4, -0.2) is 26.8 Å². The quantitative estimate of drug-likeness (QED) is 0.760. The van der Waals surface area contributed by atoms with Crippen molar-refractivity contribution < 1.29 is 9.59 Å². The highest BCUT2D eigenvalue weighted by Gasteiger charge is 2.24. The van der Waals surface area contributed by atoms with E-state index in [-0.39, 0.29) is 23.6 Å². The summed E-state index contributed by atoms with van der Waals surface area (Å²) in [5.74, 6) is -0.404. The predicted molar refractivity (Wildman–Crippen MR) is 91.0 cm³/mol. The van der Waals surface area contributed by atoms with E-state index >= 15 is 0 Å². The zero-order chi connectivity index (χ0) is 16.8. The second-order valence-electron chi connectivity index (χ2n) is 5.48. The number of thioether (sulfide) groups is 1. The zero-order valence-electron chi connectivity index (χ0n) is 13.1. The third-order valence-corrected chi connectivity index (χ3v) is 4.65. The Labute approximate surface area is 139 Å². The molecule has 1 aromatic carbocycles. The lowest BCUT2D eigenvalue weighted by Gasteiger charge is -2.19. The van der Waals surface area contributed by atoms with Gasteiger partial charge in [0, 0.05) is 11.1 Å². The van der Waals surface area contributed by atoms with E-state index in [1.807, 2.05) is 44.2 Å². The van der Waals surface area contributed by atoms with Crippen molar-refractivity contribution in [3.8, 4) is 0 Å². The molecule has 1 heterocycles. The Morgan fingerprint density at radius 1 is 1.30 bits per heavy atom. The molecular weight excluding hydrogens is 312 g/mol. The molecule has 0 aliphatic carbocycles. The zero-order valence-corrected chi connectivity index (χ0v) is 13.9. The van der Waals surface area contributed by atoms with Gasteiger partial charge >= 0.3 is 0 Å². The van der Waals surface area contributed by atoms with E-state index < -0.39 is 5.91 Å². The summed E-state index contributed by atoms with van der Waals surface area (Å²) in [5.41, 5.74) is 5.67. The summed E-state index contributed by atoms with van der Waals surface area (Å²) in [5, 5.41) is 6.61. The minimum Gasteiger partial charge on any atom is -0.368 e. The number of amides is 2. The van der Waals surface area contributed by atoms with Gasteiger partial charge in [0.05, 0.1) is 17.1 Å². The molecular formula is C16H20N4O2S. The molecule has 0 saturated heterocycles. The number of nitrogens with zero attached hydrogens (tertiary/aromatic N) is 2. The van der Waals surface area contributed by atoms with E-state index in [9.17, 15) is 9.59 Å². The van der Waals surface area contributed by atoms with E-state index in [0.717, 1.165) is 4.90 Å². The SMILES string of the molecule is CC(C)[C@@H](Sc1ccccc1)C(=O)Nc1cnn(CC(N)=O)c1. The van der Waals surface area contributed by atoms with Crippen LogP contribution in [0.1, 0.15) is 13.8 Å². The van der Waals surface area contributed by atoms with Crippen LogP contribution in [0.15, 0.2) is 47.6 Å². The first-order valence-electron chi connectivity index (χ1n) is 7.29. The van der Waals surface area contributed by atoms with Gasteiger partial charge in [-0.1, -0.05) is 32.0 Å². The lowest BCUT2D eigenvalue weighted by atomic mass is 10.1. The smallest absolute Gasteiger partial charge is 0.239 e. The normalized spacial score (nSPS) is 12.1. The molecule has 0 radical (unpaired) electrons. The summed E-state index contributed by atoms with van der Waals surface area (Å²) in [6, 6.07) is 9.81. The van der Waals surface area contributed by atoms with Crippen molar-refractivity contribution in [2.45, 2.75) is 30.5 Å². The number of nitrogens with one attached hydrogen (secondary N) is 1. The first kappa shape index (κ1) is 17.1. The Balaban J connectivity index is 2.03. The topological polar surface area (TPSA) is 90.0 Å². The van der Waals surface area contributed by atoms with Crippen molar-refractivity contribution in [3.05, 3.63) is 42.7 Å². The monoisotopic (exact) mass is 332 g/mol. The first-order valence-corrected chi connectivity index (χ1v) is 8.17. The summed E-state index contributed by atoms with van der Waals surface area (Å²) in [6.07, 6.45) is 3.10. The van der Waals surface area contributed by atoms with E-state index in [2.05, 4.69) is 10.4 Å². The highest BCUT2D eigenvalue weighted by Crippen LogP contribution is 2.28. The maximum atomic E-state index is 12.5. The maximum Gasteiger partial charge on any atom is 0.239 e. The molecule has 1 atom stereocenters. The molecule has 0 spiro atoms. The van der Waals surface area contributed by atoms with Gasteiger partial charge in [0.25, 0.3) is 0 Å². The van der Waals surface area contributed by atoms with Crippen LogP contribution in [-0.2, 0) is 16.1 Å². The van der Waals surface area contributed by atoms with E-state index in [1.165, 1.54) is 22.6 Å². The Kier molecular flexibility index (Phi) is 5.81. The van der Waals surface area contributed by atoms with Crippen LogP contribution in [0.4, 0.5) is 5.69 Å². The van der Waals surface area contributed by atoms with Crippen LogP contribution in [0.2, 0.25) is 0 Å². The average Bonchev–Trinajstić information content (AvgIpc) is 2.91. The van der Waals surface area contributed by atoms with Crippen molar-refractivity contribution in [1.82, 2.24) is 9.78 Å². The summed E-state index contributed by atoms with van der Waals surface area (Å²) in [4.78, 5) is 24.4. The highest BCUT2D eigenvalue weighted by atomic mass is 32.2. The third kappa shape index (κ3) is 5.14. The molecule has 7 heteroatoms. The minimum atomic E-state index is -0.481.